The van der Waals surface area contributed by atoms with Gasteiger partial charge in [-0.25, -0.2) is 4.31 Å². The molecule has 0 N–H and O–H groups in total. The first-order valence-electron chi connectivity index (χ1n) is 8.70. The van der Waals surface area contributed by atoms with E-state index < -0.39 is 0 Å². The van der Waals surface area contributed by atoms with Gasteiger partial charge in [0.2, 0.25) is 0 Å². The second-order valence-electron chi connectivity index (χ2n) is 6.25. The van der Waals surface area contributed by atoms with E-state index >= 15 is 0 Å². The van der Waals surface area contributed by atoms with Crippen molar-refractivity contribution in [3.8, 4) is 5.75 Å². The maximum absolute atomic E-state index is 5.58. The molecule has 0 unspecified atom stereocenters. The summed E-state index contributed by atoms with van der Waals surface area (Å²) in [5, 5.41) is 0. The molecule has 0 aliphatic carbocycles. The number of fused-ring (bicyclic) bond motifs is 1. The average Bonchev–Trinajstić information content (AvgIpc) is 3.11. The predicted octanol–water partition coefficient (Wildman–Crippen LogP) is 3.99. The molecule has 6 heteroatoms. The van der Waals surface area contributed by atoms with Crippen LogP contribution in [0.4, 0.5) is 0 Å². The fourth-order valence-corrected chi connectivity index (χ4v) is 4.20. The minimum absolute atomic E-state index is 0.764. The van der Waals surface area contributed by atoms with Crippen LogP contribution < -0.4 is 4.74 Å². The number of ether oxygens (including phenoxy) is 1. The maximum Gasteiger partial charge on any atom is 0.122 e. The van der Waals surface area contributed by atoms with Crippen LogP contribution in [-0.2, 0) is 6.42 Å². The van der Waals surface area contributed by atoms with Gasteiger partial charge in [-0.1, -0.05) is 0 Å². The zero-order chi connectivity index (χ0) is 18.1. The van der Waals surface area contributed by atoms with Gasteiger partial charge in [-0.3, -0.25) is 4.99 Å². The molecular weight excluding hydrogens is 350 g/mol. The van der Waals surface area contributed by atoms with Crippen molar-refractivity contribution >= 4 is 31.3 Å². The van der Waals surface area contributed by atoms with Gasteiger partial charge >= 0.3 is 0 Å². The number of rotatable bonds is 6. The molecule has 0 spiro atoms. The number of thiol groups is 1. The number of aliphatic imine (C=N–C) groups is 1. The average molecular weight is 380 g/mol. The van der Waals surface area contributed by atoms with Crippen LogP contribution in [0.3, 0.4) is 0 Å². The van der Waals surface area contributed by atoms with E-state index in [9.17, 15) is 0 Å². The first kappa shape index (κ1) is 20.2. The van der Waals surface area contributed by atoms with Crippen molar-refractivity contribution in [1.29, 1.82) is 0 Å². The van der Waals surface area contributed by atoms with E-state index in [1.54, 1.807) is 12.5 Å². The Labute approximate surface area is 161 Å². The molecule has 2 aliphatic heterocycles. The molecule has 2 heterocycles. The van der Waals surface area contributed by atoms with E-state index in [2.05, 4.69) is 58.8 Å². The van der Waals surface area contributed by atoms with E-state index in [4.69, 9.17) is 4.74 Å². The molecular formula is C19H29N3OS2. The third kappa shape index (κ3) is 6.28. The van der Waals surface area contributed by atoms with Crippen molar-refractivity contribution in [3.63, 3.8) is 0 Å². The smallest absolute Gasteiger partial charge is 0.122 e. The largest absolute Gasteiger partial charge is 0.493 e. The van der Waals surface area contributed by atoms with Gasteiger partial charge in [-0.2, -0.15) is 12.6 Å². The molecule has 0 atom stereocenters. The van der Waals surface area contributed by atoms with Gasteiger partial charge in [-0.05, 0) is 67.4 Å². The van der Waals surface area contributed by atoms with E-state index in [-0.39, 0.29) is 0 Å². The Hall–Kier alpha value is -1.11. The van der Waals surface area contributed by atoms with Gasteiger partial charge in [-0.15, -0.1) is 0 Å². The van der Waals surface area contributed by atoms with Crippen LogP contribution in [-0.4, -0.2) is 55.5 Å². The summed E-state index contributed by atoms with van der Waals surface area (Å²) >= 11 is 5.42. The van der Waals surface area contributed by atoms with Gasteiger partial charge in [0.15, 0.2) is 0 Å². The van der Waals surface area contributed by atoms with Crippen molar-refractivity contribution in [3.05, 3.63) is 36.2 Å². The van der Waals surface area contributed by atoms with Crippen LogP contribution >= 0.6 is 24.6 Å². The quantitative estimate of drug-likeness (QED) is 0.459. The van der Waals surface area contributed by atoms with E-state index in [0.29, 0.717) is 0 Å². The Morgan fingerprint density at radius 2 is 2.16 bits per heavy atom. The fraction of sp³-hybridized carbons (Fsp3) is 0.526. The topological polar surface area (TPSA) is 28.1 Å². The lowest BCUT2D eigenvalue weighted by atomic mass is 9.98. The van der Waals surface area contributed by atoms with Crippen molar-refractivity contribution in [1.82, 2.24) is 9.21 Å². The molecule has 0 bridgehead atoms. The lowest BCUT2D eigenvalue weighted by Crippen LogP contribution is -2.33. The molecule has 138 valence electrons. The number of benzene rings is 1. The van der Waals surface area contributed by atoms with E-state index in [0.717, 1.165) is 44.3 Å². The highest BCUT2D eigenvalue weighted by Crippen LogP contribution is 2.33. The minimum atomic E-state index is 0.764. The first-order chi connectivity index (χ1) is 12.2. The van der Waals surface area contributed by atoms with Gasteiger partial charge in [0.05, 0.1) is 6.61 Å². The van der Waals surface area contributed by atoms with E-state index in [1.165, 1.54) is 23.3 Å². The minimum Gasteiger partial charge on any atom is -0.493 e. The van der Waals surface area contributed by atoms with Crippen molar-refractivity contribution in [2.75, 3.05) is 39.5 Å². The highest BCUT2D eigenvalue weighted by molar-refractivity contribution is 7.97. The zero-order valence-corrected chi connectivity index (χ0v) is 16.9. The SMILES string of the molecule is C=N/C=C\N(C)CC1CCN(Sc2ccc3c(c2)CCO3)CC1.CS. The molecule has 0 saturated carbocycles. The number of hydrogen-bond acceptors (Lipinski definition) is 6. The molecule has 1 aromatic carbocycles. The Bertz CT molecular complexity index is 572. The zero-order valence-electron chi connectivity index (χ0n) is 15.2. The second kappa shape index (κ2) is 10.8. The van der Waals surface area contributed by atoms with E-state index in [1.807, 2.05) is 18.1 Å². The Kier molecular flexibility index (Phi) is 8.72. The molecule has 25 heavy (non-hydrogen) atoms. The summed E-state index contributed by atoms with van der Waals surface area (Å²) in [4.78, 5) is 7.31. The molecule has 1 saturated heterocycles. The van der Waals surface area contributed by atoms with Crippen molar-refractivity contribution < 1.29 is 4.74 Å². The van der Waals surface area contributed by atoms with Crippen LogP contribution in [0.5, 0.6) is 5.75 Å². The summed E-state index contributed by atoms with van der Waals surface area (Å²) in [6.07, 6.45) is 9.00. The lowest BCUT2D eigenvalue weighted by Gasteiger charge is -2.32. The Morgan fingerprint density at radius 1 is 1.40 bits per heavy atom. The van der Waals surface area contributed by atoms with Gasteiger partial charge in [0.25, 0.3) is 0 Å². The summed E-state index contributed by atoms with van der Waals surface area (Å²) in [6.45, 7) is 7.71. The van der Waals surface area contributed by atoms with Crippen LogP contribution in [0, 0.1) is 5.92 Å². The van der Waals surface area contributed by atoms with Gasteiger partial charge in [0, 0.05) is 50.4 Å². The molecule has 0 radical (unpaired) electrons. The normalized spacial score (nSPS) is 17.6. The highest BCUT2D eigenvalue weighted by Gasteiger charge is 2.21. The molecule has 1 aromatic rings. The summed E-state index contributed by atoms with van der Waals surface area (Å²) in [7, 11) is 2.11. The Balaban J connectivity index is 0.00000109. The number of hydrogen-bond donors (Lipinski definition) is 1. The van der Waals surface area contributed by atoms with Crippen molar-refractivity contribution in [2.24, 2.45) is 10.9 Å². The number of piperidine rings is 1. The Morgan fingerprint density at radius 3 is 2.88 bits per heavy atom. The molecule has 4 nitrogen and oxygen atoms in total. The first-order valence-corrected chi connectivity index (χ1v) is 10.4. The monoisotopic (exact) mass is 379 g/mol. The fourth-order valence-electron chi connectivity index (χ4n) is 3.18. The van der Waals surface area contributed by atoms with Crippen LogP contribution in [0.25, 0.3) is 0 Å². The maximum atomic E-state index is 5.58. The summed E-state index contributed by atoms with van der Waals surface area (Å²) < 4.78 is 8.07. The third-order valence-electron chi connectivity index (χ3n) is 4.44. The molecule has 3 rings (SSSR count). The highest BCUT2D eigenvalue weighted by atomic mass is 32.2. The van der Waals surface area contributed by atoms with Gasteiger partial charge in [0.1, 0.15) is 5.75 Å². The van der Waals surface area contributed by atoms with Gasteiger partial charge < -0.3 is 9.64 Å². The van der Waals surface area contributed by atoms with Crippen LogP contribution in [0.2, 0.25) is 0 Å². The second-order valence-corrected chi connectivity index (χ2v) is 7.42. The predicted molar refractivity (Wildman–Crippen MR) is 112 cm³/mol. The van der Waals surface area contributed by atoms with Crippen LogP contribution in [0.1, 0.15) is 18.4 Å². The summed E-state index contributed by atoms with van der Waals surface area (Å²) in [5.74, 6) is 1.83. The molecule has 1 fully saturated rings. The standard InChI is InChI=1S/C18H25N3OS.CH4S/c1-19-8-11-20(2)14-15-5-9-21(10-6-15)23-17-3-4-18-16(13-17)7-12-22-18;1-2/h3-4,8,11,13,15H,1,5-7,9-10,12,14H2,2H3;2H,1H3/b11-8-;. The summed E-state index contributed by atoms with van der Waals surface area (Å²) in [6, 6.07) is 6.59. The van der Waals surface area contributed by atoms with Crippen LogP contribution in [0.15, 0.2) is 40.5 Å². The molecule has 0 aromatic heterocycles. The summed E-state index contributed by atoms with van der Waals surface area (Å²) in [5.41, 5.74) is 1.36. The lowest BCUT2D eigenvalue weighted by molar-refractivity contribution is 0.245. The molecule has 0 amide bonds. The van der Waals surface area contributed by atoms with Crippen molar-refractivity contribution in [2.45, 2.75) is 24.2 Å². The third-order valence-corrected chi connectivity index (χ3v) is 5.53. The molecule has 2 aliphatic rings. The number of nitrogens with zero attached hydrogens (tertiary/aromatic N) is 3.